The average molecular weight is 295 g/mol. The number of ether oxygens (including phenoxy) is 1. The summed E-state index contributed by atoms with van der Waals surface area (Å²) in [6, 6.07) is 5.62. The number of aryl methyl sites for hydroxylation is 2. The Bertz CT molecular complexity index is 596. The van der Waals surface area contributed by atoms with Gasteiger partial charge in [0.25, 0.3) is 0 Å². The van der Waals surface area contributed by atoms with E-state index in [1.165, 1.54) is 0 Å². The second-order valence-electron chi connectivity index (χ2n) is 4.70. The number of benzene rings is 1. The summed E-state index contributed by atoms with van der Waals surface area (Å²) in [4.78, 5) is 0. The third kappa shape index (κ3) is 2.67. The molecule has 1 unspecified atom stereocenters. The molecule has 0 aliphatic carbocycles. The van der Waals surface area contributed by atoms with E-state index in [-0.39, 0.29) is 0 Å². The summed E-state index contributed by atoms with van der Waals surface area (Å²) in [6.45, 7) is 4.70. The molecule has 20 heavy (non-hydrogen) atoms. The number of hydrogen-bond acceptors (Lipinski definition) is 3. The number of aromatic nitrogens is 2. The molecule has 1 aromatic heterocycles. The van der Waals surface area contributed by atoms with Crippen molar-refractivity contribution in [2.75, 3.05) is 7.11 Å². The van der Waals surface area contributed by atoms with Gasteiger partial charge in [0, 0.05) is 17.1 Å². The van der Waals surface area contributed by atoms with Crippen LogP contribution >= 0.6 is 11.6 Å². The number of hydrogen-bond donors (Lipinski definition) is 1. The first-order valence-electron chi connectivity index (χ1n) is 6.62. The van der Waals surface area contributed by atoms with Crippen molar-refractivity contribution < 1.29 is 9.84 Å². The Morgan fingerprint density at radius 1 is 1.45 bits per heavy atom. The Balaban J connectivity index is 2.49. The van der Waals surface area contributed by atoms with Crippen LogP contribution in [0.5, 0.6) is 5.75 Å². The smallest absolute Gasteiger partial charge is 0.163 e. The molecule has 0 saturated heterocycles. The van der Waals surface area contributed by atoms with Crippen molar-refractivity contribution in [1.82, 2.24) is 9.78 Å². The number of nitrogens with zero attached hydrogens (tertiary/aromatic N) is 2. The summed E-state index contributed by atoms with van der Waals surface area (Å²) in [5.41, 5.74) is 2.24. The van der Waals surface area contributed by atoms with Gasteiger partial charge in [-0.15, -0.1) is 0 Å². The van der Waals surface area contributed by atoms with Gasteiger partial charge < -0.3 is 9.84 Å². The summed E-state index contributed by atoms with van der Waals surface area (Å²) in [6.07, 6.45) is 1.69. The number of halogens is 1. The van der Waals surface area contributed by atoms with Gasteiger partial charge >= 0.3 is 0 Å². The molecule has 1 aromatic carbocycles. The molecular weight excluding hydrogens is 276 g/mol. The van der Waals surface area contributed by atoms with Gasteiger partial charge in [0.2, 0.25) is 0 Å². The zero-order valence-corrected chi connectivity index (χ0v) is 12.7. The fourth-order valence-electron chi connectivity index (χ4n) is 2.23. The van der Waals surface area contributed by atoms with Crippen molar-refractivity contribution in [3.63, 3.8) is 0 Å². The van der Waals surface area contributed by atoms with Crippen LogP contribution in [0, 0.1) is 6.92 Å². The summed E-state index contributed by atoms with van der Waals surface area (Å²) < 4.78 is 7.06. The van der Waals surface area contributed by atoms with Crippen LogP contribution in [0.1, 0.15) is 36.3 Å². The molecule has 2 rings (SSSR count). The first-order chi connectivity index (χ1) is 9.60. The summed E-state index contributed by atoms with van der Waals surface area (Å²) in [5.74, 6) is 0.573. The molecule has 108 valence electrons. The van der Waals surface area contributed by atoms with Gasteiger partial charge in [-0.1, -0.05) is 36.7 Å². The molecule has 4 nitrogen and oxygen atoms in total. The fourth-order valence-corrected chi connectivity index (χ4v) is 2.46. The van der Waals surface area contributed by atoms with E-state index in [0.29, 0.717) is 22.0 Å². The van der Waals surface area contributed by atoms with E-state index in [4.69, 9.17) is 16.3 Å². The normalized spacial score (nSPS) is 12.4. The second-order valence-corrected chi connectivity index (χ2v) is 5.08. The van der Waals surface area contributed by atoms with E-state index in [1.807, 2.05) is 25.1 Å². The number of aliphatic hydroxyl groups is 1. The van der Waals surface area contributed by atoms with Crippen LogP contribution < -0.4 is 4.74 Å². The van der Waals surface area contributed by atoms with E-state index in [9.17, 15) is 5.11 Å². The lowest BCUT2D eigenvalue weighted by Crippen LogP contribution is -2.11. The van der Waals surface area contributed by atoms with Crippen molar-refractivity contribution in [1.29, 1.82) is 0 Å². The highest BCUT2D eigenvalue weighted by Crippen LogP contribution is 2.34. The van der Waals surface area contributed by atoms with Gasteiger partial charge in [-0.3, -0.25) is 4.68 Å². The van der Waals surface area contributed by atoms with E-state index in [1.54, 1.807) is 18.0 Å². The maximum Gasteiger partial charge on any atom is 0.163 e. The summed E-state index contributed by atoms with van der Waals surface area (Å²) >= 11 is 6.30. The lowest BCUT2D eigenvalue weighted by Gasteiger charge is -2.17. The molecule has 0 saturated carbocycles. The maximum absolute atomic E-state index is 10.7. The number of aliphatic hydroxyl groups excluding tert-OH is 1. The molecule has 0 aliphatic rings. The van der Waals surface area contributed by atoms with E-state index in [2.05, 4.69) is 12.0 Å². The summed E-state index contributed by atoms with van der Waals surface area (Å²) in [5, 5.41) is 15.5. The molecule has 0 amide bonds. The van der Waals surface area contributed by atoms with Gasteiger partial charge in [-0.25, -0.2) is 0 Å². The lowest BCUT2D eigenvalue weighted by atomic mass is 10.0. The first kappa shape index (κ1) is 14.9. The van der Waals surface area contributed by atoms with Gasteiger partial charge in [0.1, 0.15) is 11.8 Å². The molecule has 1 heterocycles. The van der Waals surface area contributed by atoms with Gasteiger partial charge in [0.05, 0.1) is 13.3 Å². The van der Waals surface area contributed by atoms with Crippen LogP contribution in [-0.4, -0.2) is 22.0 Å². The number of methoxy groups -OCH3 is 1. The summed E-state index contributed by atoms with van der Waals surface area (Å²) in [7, 11) is 1.57. The van der Waals surface area contributed by atoms with Crippen LogP contribution in [0.15, 0.2) is 24.4 Å². The predicted molar refractivity (Wildman–Crippen MR) is 79.3 cm³/mol. The molecule has 1 atom stereocenters. The molecule has 0 radical (unpaired) electrons. The second kappa shape index (κ2) is 6.29. The topological polar surface area (TPSA) is 47.3 Å². The van der Waals surface area contributed by atoms with Gasteiger partial charge in [-0.2, -0.15) is 5.10 Å². The molecular formula is C15H19ClN2O2. The Kier molecular flexibility index (Phi) is 4.68. The van der Waals surface area contributed by atoms with Crippen LogP contribution in [0.3, 0.4) is 0 Å². The van der Waals surface area contributed by atoms with Crippen molar-refractivity contribution in [2.24, 2.45) is 0 Å². The standard InChI is InChI=1S/C15H19ClN2O2/c1-4-8-18-14(12(20-3)9-17-18)15(19)11-7-5-6-10(2)13(11)16/h5-7,9,15,19H,4,8H2,1-3H3. The third-order valence-electron chi connectivity index (χ3n) is 3.28. The third-order valence-corrected chi connectivity index (χ3v) is 3.79. The van der Waals surface area contributed by atoms with E-state index >= 15 is 0 Å². The molecule has 0 aliphatic heterocycles. The Labute approximate surface area is 123 Å². The largest absolute Gasteiger partial charge is 0.493 e. The quantitative estimate of drug-likeness (QED) is 0.920. The van der Waals surface area contributed by atoms with Crippen molar-refractivity contribution in [3.8, 4) is 5.75 Å². The molecule has 1 N–H and O–H groups in total. The maximum atomic E-state index is 10.7. The molecule has 5 heteroatoms. The molecule has 0 fully saturated rings. The van der Waals surface area contributed by atoms with E-state index < -0.39 is 6.10 Å². The van der Waals surface area contributed by atoms with Crippen molar-refractivity contribution in [2.45, 2.75) is 32.9 Å². The molecule has 2 aromatic rings. The van der Waals surface area contributed by atoms with E-state index in [0.717, 1.165) is 18.5 Å². The minimum atomic E-state index is -0.855. The monoisotopic (exact) mass is 294 g/mol. The average Bonchev–Trinajstić information content (AvgIpc) is 2.84. The predicted octanol–water partition coefficient (Wildman–Crippen LogP) is 3.35. The SMILES string of the molecule is CCCn1ncc(OC)c1C(O)c1cccc(C)c1Cl. The minimum absolute atomic E-state index is 0.573. The van der Waals surface area contributed by atoms with Crippen LogP contribution in [0.4, 0.5) is 0 Å². The number of rotatable bonds is 5. The molecule has 0 spiro atoms. The first-order valence-corrected chi connectivity index (χ1v) is 7.00. The highest BCUT2D eigenvalue weighted by molar-refractivity contribution is 6.32. The molecule has 0 bridgehead atoms. The van der Waals surface area contributed by atoms with Crippen molar-refractivity contribution >= 4 is 11.6 Å². The van der Waals surface area contributed by atoms with Gasteiger partial charge in [-0.05, 0) is 18.9 Å². The van der Waals surface area contributed by atoms with Crippen LogP contribution in [0.25, 0.3) is 0 Å². The zero-order chi connectivity index (χ0) is 14.7. The van der Waals surface area contributed by atoms with Crippen molar-refractivity contribution in [3.05, 3.63) is 46.2 Å². The highest BCUT2D eigenvalue weighted by Gasteiger charge is 2.23. The Morgan fingerprint density at radius 3 is 2.85 bits per heavy atom. The highest BCUT2D eigenvalue weighted by atomic mass is 35.5. The lowest BCUT2D eigenvalue weighted by molar-refractivity contribution is 0.202. The Hall–Kier alpha value is -1.52. The zero-order valence-electron chi connectivity index (χ0n) is 11.9. The Morgan fingerprint density at radius 2 is 2.20 bits per heavy atom. The van der Waals surface area contributed by atoms with Gasteiger partial charge in [0.15, 0.2) is 5.75 Å². The van der Waals surface area contributed by atoms with Crippen LogP contribution in [-0.2, 0) is 6.54 Å². The minimum Gasteiger partial charge on any atom is -0.493 e. The fraction of sp³-hybridized carbons (Fsp3) is 0.400. The van der Waals surface area contributed by atoms with Crippen LogP contribution in [0.2, 0.25) is 5.02 Å².